The molecule has 0 aromatic heterocycles. The molecule has 2 fully saturated rings. The number of hydrogen-bond donors (Lipinski definition) is 2. The van der Waals surface area contributed by atoms with Crippen LogP contribution in [-0.4, -0.2) is 51.6 Å². The van der Waals surface area contributed by atoms with Crippen LogP contribution in [0.25, 0.3) is 0 Å². The first-order valence-electron chi connectivity index (χ1n) is 7.83. The maximum Gasteiger partial charge on any atom is 0.352 e. The lowest BCUT2D eigenvalue weighted by atomic mass is 9.89. The van der Waals surface area contributed by atoms with Gasteiger partial charge in [0.25, 0.3) is 0 Å². The minimum atomic E-state index is -1.18. The van der Waals surface area contributed by atoms with Crippen molar-refractivity contribution in [3.05, 3.63) is 11.3 Å². The number of esters is 1. The van der Waals surface area contributed by atoms with E-state index in [1.54, 1.807) is 0 Å². The molecule has 2 aliphatic heterocycles. The maximum atomic E-state index is 12.1. The van der Waals surface area contributed by atoms with Crippen LogP contribution in [0.15, 0.2) is 11.3 Å². The number of amides is 1. The van der Waals surface area contributed by atoms with Gasteiger partial charge in [0.15, 0.2) is 0 Å². The van der Waals surface area contributed by atoms with E-state index in [9.17, 15) is 19.5 Å². The summed E-state index contributed by atoms with van der Waals surface area (Å²) in [5, 5.41) is 9.08. The molecule has 8 heteroatoms. The topological polar surface area (TPSA) is 110 Å². The highest BCUT2D eigenvalue weighted by Crippen LogP contribution is 2.39. The molecule has 126 valence electrons. The number of fused-ring (bicyclic) bond motifs is 1. The van der Waals surface area contributed by atoms with Crippen LogP contribution in [0.4, 0.5) is 0 Å². The molecule has 2 heterocycles. The number of thioether (sulfide) groups is 1. The van der Waals surface area contributed by atoms with E-state index in [-0.39, 0.29) is 29.6 Å². The Labute approximate surface area is 138 Å². The molecule has 3 rings (SSSR count). The summed E-state index contributed by atoms with van der Waals surface area (Å²) in [5.74, 6) is -1.52. The van der Waals surface area contributed by atoms with E-state index < -0.39 is 17.9 Å². The summed E-state index contributed by atoms with van der Waals surface area (Å²) in [7, 11) is 0. The number of ether oxygens (including phenoxy) is 1. The number of nitrogens with zero attached hydrogens (tertiary/aromatic N) is 1. The molecule has 1 aliphatic carbocycles. The third-order valence-corrected chi connectivity index (χ3v) is 5.98. The van der Waals surface area contributed by atoms with Gasteiger partial charge in [-0.1, -0.05) is 19.3 Å². The molecule has 0 aromatic rings. The van der Waals surface area contributed by atoms with Crippen molar-refractivity contribution in [2.75, 3.05) is 12.4 Å². The van der Waals surface area contributed by atoms with Crippen molar-refractivity contribution in [1.82, 2.24) is 4.90 Å². The highest BCUT2D eigenvalue weighted by atomic mass is 32.2. The first-order chi connectivity index (χ1) is 11.0. The second-order valence-corrected chi connectivity index (χ2v) is 7.24. The standard InChI is InChI=1S/C15H20N2O5S/c16-10-12(18)17-11(14(19)20)9(7-23-13(10)17)6-22-15(21)8-4-2-1-3-5-8/h8,10,13H,1-7,16H2,(H,19,20)/t10?,13-/m0/s1. The fourth-order valence-corrected chi connectivity index (χ4v) is 4.58. The van der Waals surface area contributed by atoms with E-state index in [0.29, 0.717) is 11.3 Å². The van der Waals surface area contributed by atoms with Gasteiger partial charge in [-0.05, 0) is 12.8 Å². The van der Waals surface area contributed by atoms with Crippen molar-refractivity contribution in [3.63, 3.8) is 0 Å². The number of carbonyl (C=O) groups is 3. The Kier molecular flexibility index (Phi) is 4.63. The van der Waals surface area contributed by atoms with Crippen LogP contribution in [0.1, 0.15) is 32.1 Å². The zero-order valence-electron chi connectivity index (χ0n) is 12.7. The Hall–Kier alpha value is -1.54. The van der Waals surface area contributed by atoms with Crippen molar-refractivity contribution in [2.24, 2.45) is 11.7 Å². The number of rotatable bonds is 4. The lowest BCUT2D eigenvalue weighted by molar-refractivity contribution is -0.150. The highest BCUT2D eigenvalue weighted by Gasteiger charge is 2.51. The quantitative estimate of drug-likeness (QED) is 0.572. The van der Waals surface area contributed by atoms with E-state index in [2.05, 4.69) is 0 Å². The van der Waals surface area contributed by atoms with Gasteiger partial charge < -0.3 is 15.6 Å². The number of carboxylic acid groups (broad SMARTS) is 1. The van der Waals surface area contributed by atoms with Crippen LogP contribution in [0.3, 0.4) is 0 Å². The summed E-state index contributed by atoms with van der Waals surface area (Å²) in [4.78, 5) is 36.6. The van der Waals surface area contributed by atoms with Gasteiger partial charge in [-0.2, -0.15) is 0 Å². The predicted octanol–water partition coefficient (Wildman–Crippen LogP) is 0.691. The van der Waals surface area contributed by atoms with E-state index in [4.69, 9.17) is 10.5 Å². The molecule has 3 aliphatic rings. The molecule has 0 bridgehead atoms. The van der Waals surface area contributed by atoms with Crippen molar-refractivity contribution < 1.29 is 24.2 Å². The predicted molar refractivity (Wildman–Crippen MR) is 83.3 cm³/mol. The fraction of sp³-hybridized carbons (Fsp3) is 0.667. The van der Waals surface area contributed by atoms with Crippen molar-refractivity contribution in [1.29, 1.82) is 0 Å². The lowest BCUT2D eigenvalue weighted by Crippen LogP contribution is -2.68. The minimum Gasteiger partial charge on any atom is -0.477 e. The van der Waals surface area contributed by atoms with Crippen LogP contribution in [0.5, 0.6) is 0 Å². The molecule has 3 N–H and O–H groups in total. The summed E-state index contributed by atoms with van der Waals surface area (Å²) < 4.78 is 5.33. The second-order valence-electron chi connectivity index (χ2n) is 6.14. The number of aliphatic carboxylic acids is 1. The third-order valence-electron chi connectivity index (χ3n) is 4.62. The zero-order chi connectivity index (χ0) is 16.6. The summed E-state index contributed by atoms with van der Waals surface area (Å²) in [6, 6.07) is -0.652. The summed E-state index contributed by atoms with van der Waals surface area (Å²) in [6.45, 7) is -0.0737. The van der Waals surface area contributed by atoms with Gasteiger partial charge in [-0.3, -0.25) is 14.5 Å². The van der Waals surface area contributed by atoms with Gasteiger partial charge in [0.2, 0.25) is 5.91 Å². The van der Waals surface area contributed by atoms with E-state index >= 15 is 0 Å². The Morgan fingerprint density at radius 3 is 2.65 bits per heavy atom. The molecule has 23 heavy (non-hydrogen) atoms. The molecule has 1 saturated carbocycles. The van der Waals surface area contributed by atoms with Gasteiger partial charge in [-0.25, -0.2) is 4.79 Å². The van der Waals surface area contributed by atoms with Gasteiger partial charge in [-0.15, -0.1) is 11.8 Å². The molecule has 1 amide bonds. The summed E-state index contributed by atoms with van der Waals surface area (Å²) >= 11 is 1.41. The molecule has 7 nitrogen and oxygen atoms in total. The van der Waals surface area contributed by atoms with Crippen LogP contribution in [-0.2, 0) is 19.1 Å². The second kappa shape index (κ2) is 6.52. The van der Waals surface area contributed by atoms with Crippen LogP contribution >= 0.6 is 11.8 Å². The number of carbonyl (C=O) groups excluding carboxylic acids is 2. The molecular formula is C15H20N2O5S. The summed E-state index contributed by atoms with van der Waals surface area (Å²) in [6.07, 6.45) is 4.87. The SMILES string of the molecule is NC1C(=O)N2C(C(=O)O)=C(COC(=O)C3CCCCC3)CS[C@@H]12. The highest BCUT2D eigenvalue weighted by molar-refractivity contribution is 8.00. The van der Waals surface area contributed by atoms with Crippen molar-refractivity contribution in [3.8, 4) is 0 Å². The van der Waals surface area contributed by atoms with Crippen molar-refractivity contribution >= 4 is 29.6 Å². The Bertz CT molecular complexity index is 570. The monoisotopic (exact) mass is 340 g/mol. The largest absolute Gasteiger partial charge is 0.477 e. The Morgan fingerprint density at radius 1 is 1.30 bits per heavy atom. The van der Waals surface area contributed by atoms with Gasteiger partial charge in [0.05, 0.1) is 5.92 Å². The number of carboxylic acids is 1. The lowest BCUT2D eigenvalue weighted by Gasteiger charge is -2.47. The molecule has 0 spiro atoms. The van der Waals surface area contributed by atoms with Crippen molar-refractivity contribution in [2.45, 2.75) is 43.5 Å². The van der Waals surface area contributed by atoms with Gasteiger partial charge in [0, 0.05) is 11.3 Å². The molecule has 2 atom stereocenters. The van der Waals surface area contributed by atoms with Crippen LogP contribution < -0.4 is 5.73 Å². The third kappa shape index (κ3) is 2.97. The number of β-lactam (4-membered cyclic amide) rings is 1. The van der Waals surface area contributed by atoms with Crippen LogP contribution in [0, 0.1) is 5.92 Å². The van der Waals surface area contributed by atoms with Gasteiger partial charge in [0.1, 0.15) is 23.7 Å². The summed E-state index contributed by atoms with van der Waals surface area (Å²) in [5.41, 5.74) is 6.08. The first-order valence-corrected chi connectivity index (χ1v) is 8.87. The van der Waals surface area contributed by atoms with E-state index in [1.165, 1.54) is 16.7 Å². The first kappa shape index (κ1) is 16.3. The Balaban J connectivity index is 1.68. The zero-order valence-corrected chi connectivity index (χ0v) is 13.5. The molecule has 0 radical (unpaired) electrons. The molecular weight excluding hydrogens is 320 g/mol. The number of nitrogens with two attached hydrogens (primary N) is 1. The van der Waals surface area contributed by atoms with E-state index in [1.807, 2.05) is 0 Å². The molecule has 1 unspecified atom stereocenters. The number of hydrogen-bond acceptors (Lipinski definition) is 6. The maximum absolute atomic E-state index is 12.1. The van der Waals surface area contributed by atoms with Gasteiger partial charge >= 0.3 is 11.9 Å². The van der Waals surface area contributed by atoms with E-state index in [0.717, 1.165) is 32.1 Å². The Morgan fingerprint density at radius 2 is 2.00 bits per heavy atom. The fourth-order valence-electron chi connectivity index (χ4n) is 3.31. The normalized spacial score (nSPS) is 28.2. The average molecular weight is 340 g/mol. The minimum absolute atomic E-state index is 0.0723. The smallest absolute Gasteiger partial charge is 0.352 e. The average Bonchev–Trinajstić information content (AvgIpc) is 2.58. The van der Waals surface area contributed by atoms with Crippen LogP contribution in [0.2, 0.25) is 0 Å². The molecule has 1 saturated heterocycles. The molecule has 0 aromatic carbocycles.